The van der Waals surface area contributed by atoms with Crippen LogP contribution in [0.5, 0.6) is 0 Å². The number of carbonyl (C=O) groups excluding carboxylic acids is 1. The van der Waals surface area contributed by atoms with Gasteiger partial charge in [0.2, 0.25) is 6.29 Å². The summed E-state index contributed by atoms with van der Waals surface area (Å²) in [5.74, 6) is -0.485. The summed E-state index contributed by atoms with van der Waals surface area (Å²) < 4.78 is 35.2. The number of ether oxygens (including phenoxy) is 6. The summed E-state index contributed by atoms with van der Waals surface area (Å²) in [5.41, 5.74) is -1.23. The van der Waals surface area contributed by atoms with Gasteiger partial charge in [0.15, 0.2) is 12.6 Å². The lowest BCUT2D eigenvalue weighted by Crippen LogP contribution is -2.67. The fourth-order valence-corrected chi connectivity index (χ4v) is 14.7. The smallest absolute Gasteiger partial charge is 0.315 e. The van der Waals surface area contributed by atoms with E-state index < -0.39 is 122 Å². The Morgan fingerprint density at radius 1 is 0.692 bits per heavy atom. The summed E-state index contributed by atoms with van der Waals surface area (Å²) >= 11 is 0. The van der Waals surface area contributed by atoms with Crippen molar-refractivity contribution in [1.82, 2.24) is 0 Å². The molecular formula is C47H76O18. The summed E-state index contributed by atoms with van der Waals surface area (Å²) in [6.45, 7) is 12.1. The second kappa shape index (κ2) is 17.8. The van der Waals surface area contributed by atoms with Gasteiger partial charge in [-0.3, -0.25) is 4.79 Å². The molecule has 3 aliphatic heterocycles. The molecular weight excluding hydrogens is 852 g/mol. The molecule has 11 N–H and O–H groups in total. The van der Waals surface area contributed by atoms with Crippen molar-refractivity contribution in [2.45, 2.75) is 198 Å². The standard InChI is InChI=1S/C47H76O18/c1-42(2)13-15-47(41(59)65-40-37(58)34(55)32(53)26(63-40)20-61-38-36(57)33(54)31(52)25(18-48)62-38)16-14-45(5)22(23(47)17-42)7-8-28-43(3)11-10-29(64-39-35(56)30(51)24(50)19-60-39)44(4,21-49)27(43)9-12-46(28,45)6/h7,23-40,48-58H,8-21H2,1-6H3/t23-,24-,25+,26+,27+,28+,29-,30-,31+,32+,33-,34-,35+,36+,37+,38?,39-,40-,43-,44-,45+,46+,47-/m0/s1. The van der Waals surface area contributed by atoms with E-state index in [-0.39, 0.29) is 52.6 Å². The first-order valence-electron chi connectivity index (χ1n) is 23.9. The van der Waals surface area contributed by atoms with Crippen LogP contribution in [0.4, 0.5) is 0 Å². The van der Waals surface area contributed by atoms with E-state index in [0.29, 0.717) is 25.7 Å². The highest BCUT2D eigenvalue weighted by Gasteiger charge is 2.70. The van der Waals surface area contributed by atoms with Crippen LogP contribution < -0.4 is 0 Å². The van der Waals surface area contributed by atoms with Gasteiger partial charge in [0.25, 0.3) is 0 Å². The predicted molar refractivity (Wildman–Crippen MR) is 226 cm³/mol. The zero-order chi connectivity index (χ0) is 47.4. The number of carbonyl (C=O) groups is 1. The SMILES string of the molecule is CC1(C)CC[C@]2(C(=O)O[C@@H]3O[C@H](COC4O[C@H](CO)[C@@H](O)[C@H](O)[C@H]4O)[C@@H](O)[C@H](O)[C@H]3O)CC[C@]3(C)C(=CC[C@@H]4[C@@]5(C)CC[C@H](O[C@@H]6OC[C@H](O)[C@H](O)[C@H]6O)[C@@](C)(CO)[C@@H]5CC[C@]43C)[C@@H]2C1. The van der Waals surface area contributed by atoms with Crippen molar-refractivity contribution in [3.05, 3.63) is 11.6 Å². The molecule has 0 aromatic carbocycles. The molecule has 3 saturated heterocycles. The molecule has 0 bridgehead atoms. The molecule has 65 heavy (non-hydrogen) atoms. The maximum atomic E-state index is 14.9. The number of fused-ring (bicyclic) bond motifs is 7. The Kier molecular flexibility index (Phi) is 13.7. The van der Waals surface area contributed by atoms with E-state index in [0.717, 1.165) is 38.5 Å². The Morgan fingerprint density at radius 2 is 1.32 bits per heavy atom. The molecule has 5 aliphatic carbocycles. The molecule has 4 saturated carbocycles. The molecule has 18 nitrogen and oxygen atoms in total. The Bertz CT molecular complexity index is 1760. The number of esters is 1. The van der Waals surface area contributed by atoms with Crippen molar-refractivity contribution in [2.24, 2.45) is 50.2 Å². The van der Waals surface area contributed by atoms with Crippen molar-refractivity contribution in [2.75, 3.05) is 26.4 Å². The molecule has 3 heterocycles. The second-order valence-corrected chi connectivity index (χ2v) is 22.9. The highest BCUT2D eigenvalue weighted by molar-refractivity contribution is 5.79. The van der Waals surface area contributed by atoms with Crippen molar-refractivity contribution in [3.63, 3.8) is 0 Å². The molecule has 0 amide bonds. The van der Waals surface area contributed by atoms with E-state index in [4.69, 9.17) is 28.4 Å². The highest BCUT2D eigenvalue weighted by atomic mass is 16.7. The van der Waals surface area contributed by atoms with Gasteiger partial charge >= 0.3 is 5.97 Å². The molecule has 8 rings (SSSR count). The van der Waals surface area contributed by atoms with Gasteiger partial charge in [-0.25, -0.2) is 0 Å². The first-order chi connectivity index (χ1) is 30.4. The lowest BCUT2D eigenvalue weighted by molar-refractivity contribution is -0.328. The average molecular weight is 929 g/mol. The number of hydrogen-bond donors (Lipinski definition) is 11. The number of aliphatic hydroxyl groups is 11. The van der Waals surface area contributed by atoms with Gasteiger partial charge < -0.3 is 84.6 Å². The minimum atomic E-state index is -1.81. The monoisotopic (exact) mass is 929 g/mol. The van der Waals surface area contributed by atoms with Gasteiger partial charge in [-0.15, -0.1) is 0 Å². The van der Waals surface area contributed by atoms with Crippen molar-refractivity contribution in [3.8, 4) is 0 Å². The fourth-order valence-electron chi connectivity index (χ4n) is 14.7. The van der Waals surface area contributed by atoms with Crippen molar-refractivity contribution >= 4 is 5.97 Å². The van der Waals surface area contributed by atoms with E-state index in [9.17, 15) is 61.0 Å². The Balaban J connectivity index is 1.02. The van der Waals surface area contributed by atoms with Crippen LogP contribution in [-0.4, -0.2) is 181 Å². The zero-order valence-corrected chi connectivity index (χ0v) is 38.6. The van der Waals surface area contributed by atoms with Gasteiger partial charge in [0.1, 0.15) is 67.1 Å². The largest absolute Gasteiger partial charge is 0.432 e. The fraction of sp³-hybridized carbons (Fsp3) is 0.936. The third-order valence-electron chi connectivity index (χ3n) is 19.0. The van der Waals surface area contributed by atoms with Crippen LogP contribution in [0.2, 0.25) is 0 Å². The van der Waals surface area contributed by atoms with Crippen LogP contribution in [-0.2, 0) is 33.2 Å². The molecule has 18 heteroatoms. The number of hydrogen-bond acceptors (Lipinski definition) is 18. The van der Waals surface area contributed by atoms with Crippen LogP contribution in [0.1, 0.15) is 106 Å². The second-order valence-electron chi connectivity index (χ2n) is 22.9. The third-order valence-corrected chi connectivity index (χ3v) is 19.0. The predicted octanol–water partition coefficient (Wildman–Crippen LogP) is -0.248. The van der Waals surface area contributed by atoms with Gasteiger partial charge in [-0.1, -0.05) is 53.2 Å². The summed E-state index contributed by atoms with van der Waals surface area (Å²) in [4.78, 5) is 14.9. The number of allylic oxidation sites excluding steroid dienone is 2. The van der Waals surface area contributed by atoms with E-state index in [2.05, 4.69) is 47.6 Å². The third kappa shape index (κ3) is 7.89. The van der Waals surface area contributed by atoms with Crippen LogP contribution in [0.3, 0.4) is 0 Å². The van der Waals surface area contributed by atoms with Gasteiger partial charge in [-0.05, 0) is 104 Å². The summed E-state index contributed by atoms with van der Waals surface area (Å²) in [7, 11) is 0. The van der Waals surface area contributed by atoms with Crippen molar-refractivity contribution < 1.29 is 89.4 Å². The van der Waals surface area contributed by atoms with Gasteiger partial charge in [0.05, 0.1) is 37.9 Å². The van der Waals surface area contributed by atoms with Crippen LogP contribution in [0.15, 0.2) is 11.6 Å². The molecule has 0 aromatic rings. The van der Waals surface area contributed by atoms with Crippen LogP contribution in [0.25, 0.3) is 0 Å². The Labute approximate surface area is 380 Å². The van der Waals surface area contributed by atoms with Gasteiger partial charge in [-0.2, -0.15) is 0 Å². The lowest BCUT2D eigenvalue weighted by Gasteiger charge is -2.71. The molecule has 372 valence electrons. The molecule has 23 atom stereocenters. The van der Waals surface area contributed by atoms with Crippen molar-refractivity contribution in [1.29, 1.82) is 0 Å². The summed E-state index contributed by atoms with van der Waals surface area (Å²) in [5, 5.41) is 116. The minimum Gasteiger partial charge on any atom is -0.432 e. The molecule has 0 aromatic heterocycles. The normalized spacial score (nSPS) is 54.3. The number of rotatable bonds is 9. The number of aliphatic hydroxyl groups excluding tert-OH is 11. The zero-order valence-electron chi connectivity index (χ0n) is 38.6. The molecule has 0 radical (unpaired) electrons. The summed E-state index contributed by atoms with van der Waals surface area (Å²) in [6, 6.07) is 0. The Morgan fingerprint density at radius 3 is 2.00 bits per heavy atom. The maximum Gasteiger partial charge on any atom is 0.315 e. The quantitative estimate of drug-likeness (QED) is 0.0808. The average Bonchev–Trinajstić information content (AvgIpc) is 3.26. The molecule has 8 aliphatic rings. The molecule has 7 fully saturated rings. The topological polar surface area (TPSA) is 295 Å². The first kappa shape index (κ1) is 50.0. The highest BCUT2D eigenvalue weighted by Crippen LogP contribution is 2.76. The Hall–Kier alpha value is -1.43. The first-order valence-corrected chi connectivity index (χ1v) is 23.9. The minimum absolute atomic E-state index is 0.0557. The van der Waals surface area contributed by atoms with E-state index in [1.807, 2.05) is 0 Å². The lowest BCUT2D eigenvalue weighted by atomic mass is 9.33. The van der Waals surface area contributed by atoms with Gasteiger partial charge in [0, 0.05) is 5.41 Å². The van der Waals surface area contributed by atoms with Crippen LogP contribution >= 0.6 is 0 Å². The van der Waals surface area contributed by atoms with Crippen LogP contribution in [0, 0.1) is 50.2 Å². The molecule has 0 spiro atoms. The molecule has 1 unspecified atom stereocenters. The van der Waals surface area contributed by atoms with E-state index in [1.54, 1.807) is 0 Å². The van der Waals surface area contributed by atoms with E-state index >= 15 is 0 Å². The van der Waals surface area contributed by atoms with E-state index in [1.165, 1.54) is 5.57 Å². The summed E-state index contributed by atoms with van der Waals surface area (Å²) in [6.07, 6.45) is -12.5. The maximum absolute atomic E-state index is 14.9.